The average molecular weight is 357 g/mol. The minimum atomic E-state index is -0.962. The highest BCUT2D eigenvalue weighted by atomic mass is 16.5. The third-order valence-electron chi connectivity index (χ3n) is 3.71. The third-order valence-corrected chi connectivity index (χ3v) is 3.71. The van der Waals surface area contributed by atoms with Crippen molar-refractivity contribution in [3.8, 4) is 11.5 Å². The van der Waals surface area contributed by atoms with Gasteiger partial charge in [-0.3, -0.25) is 9.69 Å². The van der Waals surface area contributed by atoms with Gasteiger partial charge in [0.05, 0.1) is 12.5 Å². The van der Waals surface area contributed by atoms with Crippen molar-refractivity contribution < 1.29 is 19.4 Å². The number of para-hydroxylation sites is 1. The number of anilines is 1. The average Bonchev–Trinajstić information content (AvgIpc) is 2.62. The number of carbonyl (C=O) groups is 2. The second-order valence-corrected chi connectivity index (χ2v) is 5.77. The number of hydrogen-bond donors (Lipinski definition) is 3. The molecule has 0 saturated carbocycles. The van der Waals surface area contributed by atoms with Crippen LogP contribution in [0, 0.1) is 0 Å². The highest BCUT2D eigenvalue weighted by Gasteiger charge is 2.18. The van der Waals surface area contributed by atoms with Gasteiger partial charge >= 0.3 is 12.0 Å². The Morgan fingerprint density at radius 1 is 1.08 bits per heavy atom. The number of aliphatic carboxylic acids is 1. The number of rotatable bonds is 8. The summed E-state index contributed by atoms with van der Waals surface area (Å²) in [5.74, 6) is 0.429. The number of benzene rings is 2. The Morgan fingerprint density at radius 2 is 1.69 bits per heavy atom. The number of carbonyl (C=O) groups excluding carboxylic acids is 1. The zero-order chi connectivity index (χ0) is 18.9. The van der Waals surface area contributed by atoms with E-state index in [2.05, 4.69) is 10.6 Å². The molecule has 0 unspecified atom stereocenters. The van der Waals surface area contributed by atoms with E-state index in [0.29, 0.717) is 18.0 Å². The fourth-order valence-electron chi connectivity index (χ4n) is 2.38. The van der Waals surface area contributed by atoms with Crippen molar-refractivity contribution in [1.29, 1.82) is 0 Å². The van der Waals surface area contributed by atoms with E-state index in [1.54, 1.807) is 38.4 Å². The summed E-state index contributed by atoms with van der Waals surface area (Å²) < 4.78 is 5.72. The maximum Gasteiger partial charge on any atom is 0.321 e. The monoisotopic (exact) mass is 357 g/mol. The summed E-state index contributed by atoms with van der Waals surface area (Å²) in [6.45, 7) is 0.371. The molecule has 1 atom stereocenters. The molecule has 7 heteroatoms. The van der Waals surface area contributed by atoms with Crippen LogP contribution in [0.5, 0.6) is 11.5 Å². The van der Waals surface area contributed by atoms with Crippen LogP contribution >= 0.6 is 0 Å². The number of carboxylic acids is 1. The van der Waals surface area contributed by atoms with Crippen molar-refractivity contribution >= 4 is 17.7 Å². The maximum absolute atomic E-state index is 12.3. The molecule has 0 aromatic heterocycles. The van der Waals surface area contributed by atoms with Crippen molar-refractivity contribution in [1.82, 2.24) is 10.6 Å². The van der Waals surface area contributed by atoms with Crippen LogP contribution in [0.15, 0.2) is 54.6 Å². The molecule has 2 aromatic carbocycles. The molecular formula is C19H23N3O4. The molecule has 0 spiro atoms. The molecule has 7 nitrogen and oxygen atoms in total. The van der Waals surface area contributed by atoms with Crippen molar-refractivity contribution in [3.05, 3.63) is 54.6 Å². The fraction of sp³-hybridized carbons (Fsp3) is 0.263. The number of carboxylic acid groups (broad SMARTS) is 1. The highest BCUT2D eigenvalue weighted by Crippen LogP contribution is 2.23. The summed E-state index contributed by atoms with van der Waals surface area (Å²) in [7, 11) is 3.33. The van der Waals surface area contributed by atoms with Crippen LogP contribution in [-0.2, 0) is 4.79 Å². The molecule has 26 heavy (non-hydrogen) atoms. The molecule has 0 fully saturated rings. The number of nitrogens with one attached hydrogen (secondary N) is 2. The Balaban J connectivity index is 1.98. The molecule has 0 aliphatic carbocycles. The fourth-order valence-corrected chi connectivity index (χ4v) is 2.38. The van der Waals surface area contributed by atoms with Gasteiger partial charge in [-0.15, -0.1) is 0 Å². The minimum Gasteiger partial charge on any atom is -0.481 e. The molecule has 2 amide bonds. The molecular weight excluding hydrogens is 334 g/mol. The number of ether oxygens (including phenoxy) is 1. The first kappa shape index (κ1) is 19.3. The predicted molar refractivity (Wildman–Crippen MR) is 99.9 cm³/mol. The van der Waals surface area contributed by atoms with Crippen LogP contribution in [-0.4, -0.2) is 43.8 Å². The van der Waals surface area contributed by atoms with Gasteiger partial charge < -0.3 is 20.5 Å². The molecule has 0 radical (unpaired) electrons. The Labute approximate surface area is 152 Å². The van der Waals surface area contributed by atoms with Gasteiger partial charge in [-0.05, 0) is 43.4 Å². The Hall–Kier alpha value is -3.06. The van der Waals surface area contributed by atoms with Crippen molar-refractivity contribution in [2.45, 2.75) is 12.5 Å². The zero-order valence-electron chi connectivity index (χ0n) is 14.8. The highest BCUT2D eigenvalue weighted by molar-refractivity contribution is 5.91. The number of likely N-dealkylation sites (N-methyl/N-ethyl adjacent to an activating group) is 1. The van der Waals surface area contributed by atoms with E-state index in [-0.39, 0.29) is 12.5 Å². The van der Waals surface area contributed by atoms with Crippen LogP contribution in [0.25, 0.3) is 0 Å². The Bertz CT molecular complexity index is 719. The van der Waals surface area contributed by atoms with Crippen molar-refractivity contribution in [2.75, 3.05) is 25.5 Å². The Morgan fingerprint density at radius 3 is 2.27 bits per heavy atom. The van der Waals surface area contributed by atoms with Gasteiger partial charge in [-0.1, -0.05) is 18.2 Å². The largest absolute Gasteiger partial charge is 0.481 e. The lowest BCUT2D eigenvalue weighted by atomic mass is 10.2. The summed E-state index contributed by atoms with van der Waals surface area (Å²) in [6, 6.07) is 15.6. The first-order valence-electron chi connectivity index (χ1n) is 8.23. The van der Waals surface area contributed by atoms with Gasteiger partial charge in [0.15, 0.2) is 0 Å². The van der Waals surface area contributed by atoms with E-state index < -0.39 is 12.0 Å². The molecule has 3 N–H and O–H groups in total. The SMILES string of the molecule is CNC[C@@H](CC(=O)O)NC(=O)N(C)c1ccc(Oc2ccccc2)cc1. The van der Waals surface area contributed by atoms with Crippen molar-refractivity contribution in [2.24, 2.45) is 0 Å². The third kappa shape index (κ3) is 5.78. The summed E-state index contributed by atoms with van der Waals surface area (Å²) in [6.07, 6.45) is -0.149. The van der Waals surface area contributed by atoms with Crippen LogP contribution in [0.2, 0.25) is 0 Å². The normalized spacial score (nSPS) is 11.5. The summed E-state index contributed by atoms with van der Waals surface area (Å²) in [5.41, 5.74) is 0.668. The minimum absolute atomic E-state index is 0.149. The first-order valence-corrected chi connectivity index (χ1v) is 8.23. The summed E-state index contributed by atoms with van der Waals surface area (Å²) in [5, 5.41) is 14.5. The van der Waals surface area contributed by atoms with E-state index in [1.807, 2.05) is 30.3 Å². The molecule has 0 aliphatic rings. The lowest BCUT2D eigenvalue weighted by molar-refractivity contribution is -0.137. The smallest absolute Gasteiger partial charge is 0.321 e. The van der Waals surface area contributed by atoms with Gasteiger partial charge in [0.2, 0.25) is 0 Å². The van der Waals surface area contributed by atoms with Gasteiger partial charge in [-0.2, -0.15) is 0 Å². The molecule has 0 saturated heterocycles. The van der Waals surface area contributed by atoms with E-state index in [0.717, 1.165) is 5.75 Å². The standard InChI is InChI=1S/C19H23N3O4/c1-20-13-14(12-18(23)24)21-19(25)22(2)15-8-10-17(11-9-15)26-16-6-4-3-5-7-16/h3-11,14,20H,12-13H2,1-2H3,(H,21,25)(H,23,24)/t14-/m1/s1. The summed E-state index contributed by atoms with van der Waals surface area (Å²) >= 11 is 0. The number of hydrogen-bond acceptors (Lipinski definition) is 4. The van der Waals surface area contributed by atoms with E-state index >= 15 is 0 Å². The van der Waals surface area contributed by atoms with Crippen LogP contribution in [0.3, 0.4) is 0 Å². The second kappa shape index (κ2) is 9.43. The number of urea groups is 1. The first-order chi connectivity index (χ1) is 12.5. The van der Waals surface area contributed by atoms with Gasteiger partial charge in [-0.25, -0.2) is 4.79 Å². The molecule has 0 aliphatic heterocycles. The maximum atomic E-state index is 12.3. The Kier molecular flexibility index (Phi) is 6.99. The van der Waals surface area contributed by atoms with Gasteiger partial charge in [0.25, 0.3) is 0 Å². The summed E-state index contributed by atoms with van der Waals surface area (Å²) in [4.78, 5) is 24.7. The molecule has 138 valence electrons. The van der Waals surface area contributed by atoms with Crippen LogP contribution in [0.1, 0.15) is 6.42 Å². The van der Waals surface area contributed by atoms with Crippen molar-refractivity contribution in [3.63, 3.8) is 0 Å². The second-order valence-electron chi connectivity index (χ2n) is 5.77. The van der Waals surface area contributed by atoms with Crippen LogP contribution in [0.4, 0.5) is 10.5 Å². The molecule has 0 heterocycles. The van der Waals surface area contributed by atoms with E-state index in [9.17, 15) is 9.59 Å². The number of amides is 2. The zero-order valence-corrected chi connectivity index (χ0v) is 14.8. The van der Waals surface area contributed by atoms with Gasteiger partial charge in [0, 0.05) is 19.3 Å². The van der Waals surface area contributed by atoms with E-state index in [4.69, 9.17) is 9.84 Å². The molecule has 2 rings (SSSR count). The lowest BCUT2D eigenvalue weighted by Gasteiger charge is -2.23. The molecule has 0 bridgehead atoms. The topological polar surface area (TPSA) is 90.9 Å². The predicted octanol–water partition coefficient (Wildman–Crippen LogP) is 2.69. The lowest BCUT2D eigenvalue weighted by Crippen LogP contribution is -2.47. The number of nitrogens with zero attached hydrogens (tertiary/aromatic N) is 1. The van der Waals surface area contributed by atoms with Crippen LogP contribution < -0.4 is 20.3 Å². The van der Waals surface area contributed by atoms with E-state index in [1.165, 1.54) is 4.90 Å². The quantitative estimate of drug-likeness (QED) is 0.676. The molecule has 2 aromatic rings. The van der Waals surface area contributed by atoms with Gasteiger partial charge in [0.1, 0.15) is 11.5 Å².